The number of aromatic nitrogens is 2. The number of hydrogen-bond acceptors (Lipinski definition) is 4. The molecule has 1 heterocycles. The molecule has 12 heavy (non-hydrogen) atoms. The van der Waals surface area contributed by atoms with Gasteiger partial charge in [-0.05, 0) is 12.2 Å². The third-order valence-corrected chi connectivity index (χ3v) is 1.41. The molecule has 0 N–H and O–H groups in total. The molecule has 5 heteroatoms. The molecule has 0 saturated carbocycles. The molecular formula is C7H9N3OS. The second-order valence-electron chi connectivity index (χ2n) is 2.16. The predicted molar refractivity (Wildman–Crippen MR) is 48.8 cm³/mol. The van der Waals surface area contributed by atoms with Crippen LogP contribution in [0.3, 0.4) is 0 Å². The van der Waals surface area contributed by atoms with Gasteiger partial charge in [0.1, 0.15) is 5.69 Å². The number of nitrogens with zero attached hydrogens (tertiary/aromatic N) is 3. The van der Waals surface area contributed by atoms with E-state index < -0.39 is 0 Å². The first-order valence-electron chi connectivity index (χ1n) is 3.46. The monoisotopic (exact) mass is 183 g/mol. The molecule has 0 atom stereocenters. The normalized spacial score (nSPS) is 9.42. The van der Waals surface area contributed by atoms with Gasteiger partial charge in [-0.1, -0.05) is 0 Å². The minimum absolute atomic E-state index is 0.641. The topological polar surface area (TPSA) is 39.4 Å². The second-order valence-corrected chi connectivity index (χ2v) is 2.34. The van der Waals surface area contributed by atoms with Crippen molar-refractivity contribution in [3.8, 4) is 0 Å². The van der Waals surface area contributed by atoms with Gasteiger partial charge in [0.05, 0.1) is 30.7 Å². The lowest BCUT2D eigenvalue weighted by Gasteiger charge is -1.97. The predicted octanol–water partition coefficient (Wildman–Crippen LogP) is 1.26. The summed E-state index contributed by atoms with van der Waals surface area (Å²) in [6.45, 7) is 1.37. The highest BCUT2D eigenvalue weighted by Crippen LogP contribution is 2.07. The first kappa shape index (κ1) is 9.06. The standard InChI is InChI=1S/C7H9N3OS/c1-11-3-2-10-5-7(4-9-10)8-6-12/h4-5H,2-3H2,1H3. The lowest BCUT2D eigenvalue weighted by Crippen LogP contribution is -2.03. The summed E-state index contributed by atoms with van der Waals surface area (Å²) in [5.41, 5.74) is 0.723. The van der Waals surface area contributed by atoms with Gasteiger partial charge in [-0.3, -0.25) is 4.68 Å². The van der Waals surface area contributed by atoms with E-state index in [9.17, 15) is 0 Å². The average molecular weight is 183 g/mol. The summed E-state index contributed by atoms with van der Waals surface area (Å²) in [7, 11) is 1.65. The van der Waals surface area contributed by atoms with E-state index in [1.807, 2.05) is 0 Å². The Morgan fingerprint density at radius 1 is 1.83 bits per heavy atom. The van der Waals surface area contributed by atoms with Crippen LogP contribution in [0.25, 0.3) is 0 Å². The van der Waals surface area contributed by atoms with E-state index in [4.69, 9.17) is 4.74 Å². The Morgan fingerprint density at radius 3 is 3.33 bits per heavy atom. The minimum Gasteiger partial charge on any atom is -0.383 e. The van der Waals surface area contributed by atoms with Crippen molar-refractivity contribution in [2.24, 2.45) is 4.99 Å². The van der Waals surface area contributed by atoms with E-state index >= 15 is 0 Å². The van der Waals surface area contributed by atoms with Crippen LogP contribution < -0.4 is 0 Å². The fourth-order valence-electron chi connectivity index (χ4n) is 0.770. The molecule has 0 bridgehead atoms. The summed E-state index contributed by atoms with van der Waals surface area (Å²) in [5, 5.41) is 6.31. The lowest BCUT2D eigenvalue weighted by molar-refractivity contribution is 0.183. The van der Waals surface area contributed by atoms with Crippen LogP contribution in [0.2, 0.25) is 0 Å². The number of isothiocyanates is 1. The summed E-state index contributed by atoms with van der Waals surface area (Å²) in [5.74, 6) is 0. The van der Waals surface area contributed by atoms with Crippen molar-refractivity contribution in [2.45, 2.75) is 6.54 Å². The summed E-state index contributed by atoms with van der Waals surface area (Å²) in [4.78, 5) is 3.78. The fourth-order valence-corrected chi connectivity index (χ4v) is 0.876. The summed E-state index contributed by atoms with van der Waals surface area (Å²) in [6, 6.07) is 0. The Kier molecular flexibility index (Phi) is 3.60. The quantitative estimate of drug-likeness (QED) is 0.521. The first-order valence-corrected chi connectivity index (χ1v) is 3.87. The van der Waals surface area contributed by atoms with Crippen LogP contribution in [0.1, 0.15) is 0 Å². The first-order chi connectivity index (χ1) is 5.86. The van der Waals surface area contributed by atoms with E-state index in [2.05, 4.69) is 27.5 Å². The van der Waals surface area contributed by atoms with Crippen molar-refractivity contribution < 1.29 is 4.74 Å². The highest BCUT2D eigenvalue weighted by atomic mass is 32.1. The van der Waals surface area contributed by atoms with Crippen molar-refractivity contribution in [2.75, 3.05) is 13.7 Å². The zero-order valence-electron chi connectivity index (χ0n) is 6.73. The van der Waals surface area contributed by atoms with Crippen LogP contribution in [0.4, 0.5) is 5.69 Å². The van der Waals surface area contributed by atoms with Crippen molar-refractivity contribution in [3.05, 3.63) is 12.4 Å². The van der Waals surface area contributed by atoms with E-state index in [0.717, 1.165) is 12.2 Å². The van der Waals surface area contributed by atoms with E-state index in [0.29, 0.717) is 6.61 Å². The van der Waals surface area contributed by atoms with E-state index in [-0.39, 0.29) is 0 Å². The molecule has 0 aromatic carbocycles. The molecule has 1 aromatic heterocycles. The highest BCUT2D eigenvalue weighted by Gasteiger charge is 1.94. The zero-order chi connectivity index (χ0) is 8.81. The number of ether oxygens (including phenoxy) is 1. The molecule has 0 fully saturated rings. The Morgan fingerprint density at radius 2 is 2.67 bits per heavy atom. The van der Waals surface area contributed by atoms with Crippen LogP contribution in [0.15, 0.2) is 17.4 Å². The van der Waals surface area contributed by atoms with Gasteiger partial charge in [0.2, 0.25) is 0 Å². The van der Waals surface area contributed by atoms with Crippen molar-refractivity contribution >= 4 is 23.1 Å². The summed E-state index contributed by atoms with van der Waals surface area (Å²) in [6.07, 6.45) is 3.42. The Labute approximate surface area is 75.9 Å². The molecule has 0 saturated heterocycles. The molecule has 4 nitrogen and oxygen atoms in total. The third-order valence-electron chi connectivity index (χ3n) is 1.32. The van der Waals surface area contributed by atoms with Gasteiger partial charge in [-0.15, -0.1) is 0 Å². The van der Waals surface area contributed by atoms with Crippen LogP contribution in [-0.4, -0.2) is 28.7 Å². The molecule has 0 aliphatic carbocycles. The fraction of sp³-hybridized carbons (Fsp3) is 0.429. The Hall–Kier alpha value is -1.03. The molecule has 64 valence electrons. The number of thiocarbonyl (C=S) groups is 1. The Balaban J connectivity index is 2.58. The lowest BCUT2D eigenvalue weighted by atomic mass is 10.6. The summed E-state index contributed by atoms with van der Waals surface area (Å²) >= 11 is 4.45. The van der Waals surface area contributed by atoms with Crippen LogP contribution >= 0.6 is 12.2 Å². The molecule has 0 unspecified atom stereocenters. The molecule has 0 aliphatic rings. The van der Waals surface area contributed by atoms with Gasteiger partial charge in [0, 0.05) is 7.11 Å². The van der Waals surface area contributed by atoms with Crippen LogP contribution in [0.5, 0.6) is 0 Å². The molecular weight excluding hydrogens is 174 g/mol. The molecule has 1 aromatic rings. The molecule has 0 radical (unpaired) electrons. The minimum atomic E-state index is 0.641. The zero-order valence-corrected chi connectivity index (χ0v) is 7.54. The van der Waals surface area contributed by atoms with E-state index in [1.54, 1.807) is 24.2 Å². The van der Waals surface area contributed by atoms with Crippen LogP contribution in [-0.2, 0) is 11.3 Å². The molecule has 1 rings (SSSR count). The maximum atomic E-state index is 4.89. The van der Waals surface area contributed by atoms with Gasteiger partial charge in [0.25, 0.3) is 0 Å². The third kappa shape index (κ3) is 2.54. The van der Waals surface area contributed by atoms with Gasteiger partial charge in [-0.25, -0.2) is 0 Å². The van der Waals surface area contributed by atoms with E-state index in [1.165, 1.54) is 0 Å². The van der Waals surface area contributed by atoms with Crippen molar-refractivity contribution in [1.82, 2.24) is 9.78 Å². The SMILES string of the molecule is COCCn1cc(N=C=S)cn1. The largest absolute Gasteiger partial charge is 0.383 e. The summed E-state index contributed by atoms with van der Waals surface area (Å²) < 4.78 is 6.63. The maximum Gasteiger partial charge on any atom is 0.112 e. The number of methoxy groups -OCH3 is 1. The van der Waals surface area contributed by atoms with Gasteiger partial charge in [-0.2, -0.15) is 10.1 Å². The Bertz CT molecular complexity index is 291. The number of hydrogen-bond donors (Lipinski definition) is 0. The molecule has 0 amide bonds. The van der Waals surface area contributed by atoms with Gasteiger partial charge >= 0.3 is 0 Å². The van der Waals surface area contributed by atoms with Crippen molar-refractivity contribution in [1.29, 1.82) is 0 Å². The maximum absolute atomic E-state index is 4.89. The number of aliphatic imine (C=N–C) groups is 1. The van der Waals surface area contributed by atoms with Gasteiger partial charge < -0.3 is 4.74 Å². The highest BCUT2D eigenvalue weighted by molar-refractivity contribution is 7.78. The number of rotatable bonds is 4. The molecule has 0 spiro atoms. The average Bonchev–Trinajstić information content (AvgIpc) is 2.50. The second kappa shape index (κ2) is 4.77. The molecule has 0 aliphatic heterocycles. The van der Waals surface area contributed by atoms with Crippen molar-refractivity contribution in [3.63, 3.8) is 0 Å². The smallest absolute Gasteiger partial charge is 0.112 e. The van der Waals surface area contributed by atoms with Gasteiger partial charge in [0.15, 0.2) is 0 Å². The van der Waals surface area contributed by atoms with Crippen LogP contribution in [0, 0.1) is 0 Å².